The van der Waals surface area contributed by atoms with Crippen molar-refractivity contribution in [1.82, 2.24) is 9.13 Å². The molecule has 5 nitrogen and oxygen atoms in total. The summed E-state index contributed by atoms with van der Waals surface area (Å²) in [6.07, 6.45) is 1.52. The van der Waals surface area contributed by atoms with E-state index in [9.17, 15) is 9.59 Å². The lowest BCUT2D eigenvalue weighted by molar-refractivity contribution is 0.579. The summed E-state index contributed by atoms with van der Waals surface area (Å²) in [7, 11) is 0. The largest absolute Gasteiger partial charge is 0.331 e. The summed E-state index contributed by atoms with van der Waals surface area (Å²) in [5.74, 6) is 0. The highest BCUT2D eigenvalue weighted by Crippen LogP contribution is 2.07. The van der Waals surface area contributed by atoms with E-state index in [1.807, 2.05) is 24.3 Å². The Labute approximate surface area is 123 Å². The molecule has 0 fully saturated rings. The fourth-order valence-corrected chi connectivity index (χ4v) is 2.16. The van der Waals surface area contributed by atoms with Crippen LogP contribution in [-0.4, -0.2) is 15.7 Å². The van der Waals surface area contributed by atoms with Gasteiger partial charge in [0.2, 0.25) is 0 Å². The zero-order valence-corrected chi connectivity index (χ0v) is 12.4. The van der Waals surface area contributed by atoms with E-state index in [-0.39, 0.29) is 24.3 Å². The smallest absolute Gasteiger partial charge is 0.329 e. The van der Waals surface area contributed by atoms with Crippen LogP contribution in [0.4, 0.5) is 0 Å². The van der Waals surface area contributed by atoms with Gasteiger partial charge in [0.1, 0.15) is 0 Å². The number of hydrogen-bond donors (Lipinski definition) is 1. The van der Waals surface area contributed by atoms with Crippen molar-refractivity contribution < 1.29 is 0 Å². The Morgan fingerprint density at radius 1 is 1.11 bits per heavy atom. The average molecular weight is 371 g/mol. The fourth-order valence-electron chi connectivity index (χ4n) is 1.80. The number of benzene rings is 1. The Morgan fingerprint density at radius 3 is 2.42 bits per heavy atom. The van der Waals surface area contributed by atoms with Gasteiger partial charge in [-0.1, -0.05) is 12.1 Å². The van der Waals surface area contributed by atoms with Crippen LogP contribution >= 0.6 is 22.6 Å². The number of aromatic nitrogens is 2. The van der Waals surface area contributed by atoms with E-state index < -0.39 is 0 Å². The summed E-state index contributed by atoms with van der Waals surface area (Å²) in [6, 6.07) is 9.29. The van der Waals surface area contributed by atoms with E-state index in [1.165, 1.54) is 16.8 Å². The van der Waals surface area contributed by atoms with Gasteiger partial charge >= 0.3 is 5.69 Å². The first-order valence-electron chi connectivity index (χ1n) is 5.86. The number of nitrogens with two attached hydrogens (primary N) is 1. The summed E-state index contributed by atoms with van der Waals surface area (Å²) in [4.78, 5) is 23.7. The molecule has 0 spiro atoms. The lowest BCUT2D eigenvalue weighted by atomic mass is 10.2. The second-order valence-corrected chi connectivity index (χ2v) is 5.38. The molecule has 0 saturated carbocycles. The van der Waals surface area contributed by atoms with Crippen LogP contribution in [0.5, 0.6) is 0 Å². The number of nitrogens with zero attached hydrogens (tertiary/aromatic N) is 2. The molecule has 2 N–H and O–H groups in total. The topological polar surface area (TPSA) is 70.0 Å². The van der Waals surface area contributed by atoms with Gasteiger partial charge < -0.3 is 5.73 Å². The lowest BCUT2D eigenvalue weighted by Crippen LogP contribution is -2.40. The minimum atomic E-state index is -0.323. The standard InChI is InChI=1S/C13H14IN3O2/c14-11-3-1-10(2-4-11)9-16-7-5-12(18)17(8-6-15)13(16)19/h1-5,7H,6,8-9,15H2. The highest BCUT2D eigenvalue weighted by molar-refractivity contribution is 14.1. The van der Waals surface area contributed by atoms with Crippen LogP contribution in [0.2, 0.25) is 0 Å². The van der Waals surface area contributed by atoms with E-state index in [0.717, 1.165) is 13.7 Å². The Bertz CT molecular complexity index is 674. The van der Waals surface area contributed by atoms with Crippen molar-refractivity contribution in [1.29, 1.82) is 0 Å². The predicted octanol–water partition coefficient (Wildman–Crippen LogP) is 0.622. The van der Waals surface area contributed by atoms with Crippen LogP contribution in [0.25, 0.3) is 0 Å². The molecule has 0 amide bonds. The first kappa shape index (κ1) is 14.0. The molecule has 6 heteroatoms. The van der Waals surface area contributed by atoms with Crippen LogP contribution in [-0.2, 0) is 13.1 Å². The third kappa shape index (κ3) is 3.32. The Kier molecular flexibility index (Phi) is 4.54. The second kappa shape index (κ2) is 6.16. The first-order valence-corrected chi connectivity index (χ1v) is 6.94. The third-order valence-electron chi connectivity index (χ3n) is 2.76. The van der Waals surface area contributed by atoms with E-state index >= 15 is 0 Å². The Hall–Kier alpha value is -1.41. The normalized spacial score (nSPS) is 10.6. The predicted molar refractivity (Wildman–Crippen MR) is 82.3 cm³/mol. The van der Waals surface area contributed by atoms with Gasteiger partial charge in [-0.15, -0.1) is 0 Å². The summed E-state index contributed by atoms with van der Waals surface area (Å²) in [5, 5.41) is 0. The van der Waals surface area contributed by atoms with Gasteiger partial charge in [-0.25, -0.2) is 4.79 Å². The van der Waals surface area contributed by atoms with Crippen molar-refractivity contribution in [3.63, 3.8) is 0 Å². The van der Waals surface area contributed by atoms with E-state index in [2.05, 4.69) is 22.6 Å². The van der Waals surface area contributed by atoms with Crippen LogP contribution < -0.4 is 17.0 Å². The van der Waals surface area contributed by atoms with Gasteiger partial charge in [0, 0.05) is 28.9 Å². The molecule has 19 heavy (non-hydrogen) atoms. The monoisotopic (exact) mass is 371 g/mol. The molecule has 2 rings (SSSR count). The van der Waals surface area contributed by atoms with Crippen molar-refractivity contribution in [3.8, 4) is 0 Å². The molecule has 0 aliphatic carbocycles. The SMILES string of the molecule is NCCn1c(=O)ccn(Cc2ccc(I)cc2)c1=O. The molecule has 1 heterocycles. The van der Waals surface area contributed by atoms with Gasteiger partial charge in [-0.05, 0) is 40.3 Å². The second-order valence-electron chi connectivity index (χ2n) is 4.13. The molecule has 1 aromatic heterocycles. The summed E-state index contributed by atoms with van der Waals surface area (Å²) in [5.41, 5.74) is 5.79. The average Bonchev–Trinajstić information content (AvgIpc) is 2.40. The molecule has 1 aromatic carbocycles. The van der Waals surface area contributed by atoms with E-state index in [4.69, 9.17) is 5.73 Å². The van der Waals surface area contributed by atoms with Crippen molar-refractivity contribution >= 4 is 22.6 Å². The Balaban J connectivity index is 2.36. The molecule has 2 aromatic rings. The number of rotatable bonds is 4. The van der Waals surface area contributed by atoms with Gasteiger partial charge in [0.15, 0.2) is 0 Å². The molecule has 0 atom stereocenters. The molecule has 0 bridgehead atoms. The first-order chi connectivity index (χ1) is 9.11. The number of halogens is 1. The minimum absolute atomic E-state index is 0.241. The zero-order valence-electron chi connectivity index (χ0n) is 10.3. The molecule has 0 unspecified atom stereocenters. The van der Waals surface area contributed by atoms with Crippen LogP contribution in [0, 0.1) is 3.57 Å². The van der Waals surface area contributed by atoms with Gasteiger partial charge in [0.25, 0.3) is 5.56 Å². The molecule has 0 saturated heterocycles. The van der Waals surface area contributed by atoms with Crippen molar-refractivity contribution in [2.24, 2.45) is 5.73 Å². The van der Waals surface area contributed by atoms with E-state index in [1.54, 1.807) is 0 Å². The van der Waals surface area contributed by atoms with E-state index in [0.29, 0.717) is 6.54 Å². The van der Waals surface area contributed by atoms with Crippen molar-refractivity contribution in [3.05, 3.63) is 66.5 Å². The molecule has 0 radical (unpaired) electrons. The van der Waals surface area contributed by atoms with Crippen LogP contribution in [0.3, 0.4) is 0 Å². The molecule has 0 aliphatic rings. The maximum absolute atomic E-state index is 12.1. The summed E-state index contributed by atoms with van der Waals surface area (Å²) in [6.45, 7) is 0.953. The maximum atomic E-state index is 12.1. The van der Waals surface area contributed by atoms with Crippen molar-refractivity contribution in [2.45, 2.75) is 13.1 Å². The van der Waals surface area contributed by atoms with Gasteiger partial charge in [-0.3, -0.25) is 13.9 Å². The molecule has 100 valence electrons. The molecular weight excluding hydrogens is 357 g/mol. The summed E-state index contributed by atoms with van der Waals surface area (Å²) >= 11 is 2.23. The lowest BCUT2D eigenvalue weighted by Gasteiger charge is -2.09. The highest BCUT2D eigenvalue weighted by atomic mass is 127. The molecular formula is C13H14IN3O2. The fraction of sp³-hybridized carbons (Fsp3) is 0.231. The maximum Gasteiger partial charge on any atom is 0.331 e. The third-order valence-corrected chi connectivity index (χ3v) is 3.48. The zero-order chi connectivity index (χ0) is 13.8. The number of hydrogen-bond acceptors (Lipinski definition) is 3. The highest BCUT2D eigenvalue weighted by Gasteiger charge is 2.04. The summed E-state index contributed by atoms with van der Waals surface area (Å²) < 4.78 is 3.81. The minimum Gasteiger partial charge on any atom is -0.329 e. The van der Waals surface area contributed by atoms with Gasteiger partial charge in [-0.2, -0.15) is 0 Å². The molecule has 0 aliphatic heterocycles. The van der Waals surface area contributed by atoms with Crippen molar-refractivity contribution in [2.75, 3.05) is 6.54 Å². The van der Waals surface area contributed by atoms with Gasteiger partial charge in [0.05, 0.1) is 6.54 Å². The van der Waals surface area contributed by atoms with Crippen LogP contribution in [0.15, 0.2) is 46.1 Å². The van der Waals surface area contributed by atoms with Crippen LogP contribution in [0.1, 0.15) is 5.56 Å². The Morgan fingerprint density at radius 2 is 1.79 bits per heavy atom. The quantitative estimate of drug-likeness (QED) is 0.802.